The van der Waals surface area contributed by atoms with E-state index in [1.165, 1.54) is 0 Å². The van der Waals surface area contributed by atoms with E-state index in [1.807, 2.05) is 0 Å². The average molecular weight is 245 g/mol. The van der Waals surface area contributed by atoms with E-state index in [0.717, 1.165) is 0 Å². The highest BCUT2D eigenvalue weighted by Crippen LogP contribution is 2.24. The second kappa shape index (κ2) is 5.79. The van der Waals surface area contributed by atoms with E-state index in [2.05, 4.69) is 10.1 Å². The van der Waals surface area contributed by atoms with Gasteiger partial charge in [0.05, 0.1) is 0 Å². The lowest BCUT2D eigenvalue weighted by Gasteiger charge is -2.29. The summed E-state index contributed by atoms with van der Waals surface area (Å²) in [5.41, 5.74) is 0. The normalized spacial score (nSPS) is 27.4. The number of halogens is 4. The highest BCUT2D eigenvalue weighted by Gasteiger charge is 2.41. The molecular formula is C9H15F4NO2. The van der Waals surface area contributed by atoms with Crippen LogP contribution in [0.3, 0.4) is 0 Å². The van der Waals surface area contributed by atoms with Crippen LogP contribution in [0.1, 0.15) is 12.8 Å². The minimum Gasteiger partial charge on any atom is -0.396 e. The SMILES string of the molecule is OCC1CCC(OCC(F)(F)C(F)F)NC1. The zero-order valence-electron chi connectivity index (χ0n) is 8.63. The Labute approximate surface area is 90.8 Å². The molecule has 0 radical (unpaired) electrons. The smallest absolute Gasteiger partial charge is 0.330 e. The summed E-state index contributed by atoms with van der Waals surface area (Å²) in [6.07, 6.45) is -3.27. The van der Waals surface area contributed by atoms with Gasteiger partial charge in [-0.05, 0) is 18.8 Å². The molecule has 0 aromatic heterocycles. The van der Waals surface area contributed by atoms with Crippen molar-refractivity contribution in [2.45, 2.75) is 31.4 Å². The number of hydrogen-bond acceptors (Lipinski definition) is 3. The summed E-state index contributed by atoms with van der Waals surface area (Å²) in [6, 6.07) is 0. The van der Waals surface area contributed by atoms with Gasteiger partial charge in [-0.1, -0.05) is 0 Å². The Morgan fingerprint density at radius 1 is 1.38 bits per heavy atom. The number of rotatable bonds is 5. The molecule has 1 heterocycles. The van der Waals surface area contributed by atoms with E-state index in [-0.39, 0.29) is 12.5 Å². The molecule has 0 saturated carbocycles. The molecule has 3 nitrogen and oxygen atoms in total. The van der Waals surface area contributed by atoms with Gasteiger partial charge in [-0.2, -0.15) is 8.78 Å². The van der Waals surface area contributed by atoms with Crippen LogP contribution < -0.4 is 5.32 Å². The fourth-order valence-corrected chi connectivity index (χ4v) is 1.46. The van der Waals surface area contributed by atoms with Crippen LogP contribution in [0.2, 0.25) is 0 Å². The largest absolute Gasteiger partial charge is 0.396 e. The summed E-state index contributed by atoms with van der Waals surface area (Å²) in [7, 11) is 0. The van der Waals surface area contributed by atoms with Crippen LogP contribution in [0.5, 0.6) is 0 Å². The van der Waals surface area contributed by atoms with Gasteiger partial charge < -0.3 is 9.84 Å². The molecule has 96 valence electrons. The van der Waals surface area contributed by atoms with Crippen molar-refractivity contribution in [3.05, 3.63) is 0 Å². The molecule has 0 aliphatic carbocycles. The van der Waals surface area contributed by atoms with Gasteiger partial charge in [0.2, 0.25) is 0 Å². The first-order chi connectivity index (χ1) is 7.45. The molecule has 1 saturated heterocycles. The number of alkyl halides is 4. The molecule has 0 spiro atoms. The standard InChI is InChI=1S/C9H15F4NO2/c10-8(11)9(12,13)5-16-7-2-1-6(4-15)3-14-7/h6-8,14-15H,1-5H2. The maximum atomic E-state index is 12.5. The maximum Gasteiger partial charge on any atom is 0.330 e. The predicted octanol–water partition coefficient (Wildman–Crippen LogP) is 1.22. The Morgan fingerprint density at radius 3 is 2.50 bits per heavy atom. The minimum absolute atomic E-state index is 0.0207. The van der Waals surface area contributed by atoms with Gasteiger partial charge in [0.25, 0.3) is 0 Å². The molecule has 7 heteroatoms. The third-order valence-corrected chi connectivity index (χ3v) is 2.53. The molecule has 16 heavy (non-hydrogen) atoms. The summed E-state index contributed by atoms with van der Waals surface area (Å²) in [5, 5.41) is 11.6. The molecule has 0 amide bonds. The van der Waals surface area contributed by atoms with Gasteiger partial charge in [-0.25, -0.2) is 8.78 Å². The molecular weight excluding hydrogens is 230 g/mol. The minimum atomic E-state index is -4.10. The van der Waals surface area contributed by atoms with Gasteiger partial charge in [0.1, 0.15) is 12.8 Å². The molecule has 2 unspecified atom stereocenters. The number of piperidine rings is 1. The van der Waals surface area contributed by atoms with Crippen molar-refractivity contribution in [2.24, 2.45) is 5.92 Å². The van der Waals surface area contributed by atoms with Crippen LogP contribution in [-0.4, -0.2) is 43.4 Å². The van der Waals surface area contributed by atoms with Crippen molar-refractivity contribution in [1.29, 1.82) is 0 Å². The van der Waals surface area contributed by atoms with Crippen LogP contribution in [0.15, 0.2) is 0 Å². The first-order valence-electron chi connectivity index (χ1n) is 5.07. The van der Waals surface area contributed by atoms with E-state index < -0.39 is 25.2 Å². The average Bonchev–Trinajstić information content (AvgIpc) is 2.27. The van der Waals surface area contributed by atoms with Crippen molar-refractivity contribution in [2.75, 3.05) is 19.8 Å². The third-order valence-electron chi connectivity index (χ3n) is 2.53. The first kappa shape index (κ1) is 13.7. The number of ether oxygens (including phenoxy) is 1. The Bertz CT molecular complexity index is 208. The van der Waals surface area contributed by atoms with Crippen molar-refractivity contribution in [3.8, 4) is 0 Å². The van der Waals surface area contributed by atoms with Gasteiger partial charge in [0, 0.05) is 13.2 Å². The fraction of sp³-hybridized carbons (Fsp3) is 1.00. The Hall–Kier alpha value is -0.400. The Balaban J connectivity index is 2.24. The molecule has 0 aromatic rings. The maximum absolute atomic E-state index is 12.5. The number of hydrogen-bond donors (Lipinski definition) is 2. The van der Waals surface area contributed by atoms with Gasteiger partial charge in [-0.15, -0.1) is 0 Å². The van der Waals surface area contributed by atoms with Crippen LogP contribution in [-0.2, 0) is 4.74 Å². The highest BCUT2D eigenvalue weighted by atomic mass is 19.3. The van der Waals surface area contributed by atoms with Gasteiger partial charge >= 0.3 is 12.3 Å². The van der Waals surface area contributed by atoms with E-state index in [4.69, 9.17) is 5.11 Å². The lowest BCUT2D eigenvalue weighted by molar-refractivity contribution is -0.181. The van der Waals surface area contributed by atoms with Crippen molar-refractivity contribution >= 4 is 0 Å². The number of aliphatic hydroxyl groups excluding tert-OH is 1. The molecule has 1 fully saturated rings. The van der Waals surface area contributed by atoms with Gasteiger partial charge in [-0.3, -0.25) is 5.32 Å². The molecule has 2 N–H and O–H groups in total. The Morgan fingerprint density at radius 2 is 2.06 bits per heavy atom. The predicted molar refractivity (Wildman–Crippen MR) is 48.5 cm³/mol. The van der Waals surface area contributed by atoms with Crippen LogP contribution >= 0.6 is 0 Å². The van der Waals surface area contributed by atoms with Crippen molar-refractivity contribution < 1.29 is 27.4 Å². The quantitative estimate of drug-likeness (QED) is 0.716. The second-order valence-electron chi connectivity index (χ2n) is 3.90. The monoisotopic (exact) mass is 245 g/mol. The van der Waals surface area contributed by atoms with Crippen LogP contribution in [0, 0.1) is 5.92 Å². The third kappa shape index (κ3) is 3.88. The fourth-order valence-electron chi connectivity index (χ4n) is 1.46. The lowest BCUT2D eigenvalue weighted by atomic mass is 10.00. The first-order valence-corrected chi connectivity index (χ1v) is 5.07. The summed E-state index contributed by atoms with van der Waals surface area (Å²) in [4.78, 5) is 0. The molecule has 1 rings (SSSR count). The van der Waals surface area contributed by atoms with E-state index in [0.29, 0.717) is 19.4 Å². The lowest BCUT2D eigenvalue weighted by Crippen LogP contribution is -2.44. The van der Waals surface area contributed by atoms with E-state index >= 15 is 0 Å². The highest BCUT2D eigenvalue weighted by molar-refractivity contribution is 4.74. The summed E-state index contributed by atoms with van der Waals surface area (Å²) < 4.78 is 53.3. The summed E-state index contributed by atoms with van der Waals surface area (Å²) >= 11 is 0. The van der Waals surface area contributed by atoms with Crippen molar-refractivity contribution in [3.63, 3.8) is 0 Å². The zero-order valence-corrected chi connectivity index (χ0v) is 8.63. The zero-order chi connectivity index (χ0) is 12.2. The number of aliphatic hydroxyl groups is 1. The van der Waals surface area contributed by atoms with Crippen LogP contribution in [0.4, 0.5) is 17.6 Å². The van der Waals surface area contributed by atoms with Gasteiger partial charge in [0.15, 0.2) is 0 Å². The molecule has 0 aromatic carbocycles. The number of nitrogens with one attached hydrogen (secondary N) is 1. The summed E-state index contributed by atoms with van der Waals surface area (Å²) in [6.45, 7) is -0.819. The van der Waals surface area contributed by atoms with E-state index in [1.54, 1.807) is 0 Å². The van der Waals surface area contributed by atoms with Crippen LogP contribution in [0.25, 0.3) is 0 Å². The molecule has 2 atom stereocenters. The van der Waals surface area contributed by atoms with Crippen molar-refractivity contribution in [1.82, 2.24) is 5.32 Å². The topological polar surface area (TPSA) is 41.5 Å². The molecule has 1 aliphatic rings. The Kier molecular flexibility index (Phi) is 4.94. The summed E-state index contributed by atoms with van der Waals surface area (Å²) in [5.74, 6) is -4.02. The van der Waals surface area contributed by atoms with E-state index in [9.17, 15) is 17.6 Å². The molecule has 1 aliphatic heterocycles. The molecule has 0 bridgehead atoms. The second-order valence-corrected chi connectivity index (χ2v) is 3.90.